The minimum absolute atomic E-state index is 0.0956. The average molecular weight is 1020 g/mol. The molecule has 0 aliphatic carbocycles. The van der Waals surface area contributed by atoms with E-state index in [1.807, 2.05) is 0 Å². The molecule has 1 unspecified atom stereocenters. The van der Waals surface area contributed by atoms with Crippen molar-refractivity contribution in [2.45, 2.75) is 322 Å². The quantitative estimate of drug-likeness (QED) is 0.0261. The maximum atomic E-state index is 12.9. The van der Waals surface area contributed by atoms with Crippen LogP contribution in [-0.4, -0.2) is 37.2 Å². The lowest BCUT2D eigenvalue weighted by atomic mass is 10.0. The largest absolute Gasteiger partial charge is 0.462 e. The summed E-state index contributed by atoms with van der Waals surface area (Å²) in [5.41, 5.74) is 0. The van der Waals surface area contributed by atoms with Crippen LogP contribution in [0.15, 0.2) is 72.9 Å². The van der Waals surface area contributed by atoms with Gasteiger partial charge in [0.15, 0.2) is 6.10 Å². The van der Waals surface area contributed by atoms with Gasteiger partial charge in [0.2, 0.25) is 0 Å². The predicted octanol–water partition coefficient (Wildman–Crippen LogP) is 21.3. The minimum atomic E-state index is -0.805. The summed E-state index contributed by atoms with van der Waals surface area (Å²) in [5, 5.41) is 0. The van der Waals surface area contributed by atoms with E-state index in [9.17, 15) is 14.4 Å². The Morgan fingerprint density at radius 2 is 0.548 bits per heavy atom. The summed E-state index contributed by atoms with van der Waals surface area (Å²) in [7, 11) is 0. The number of unbranched alkanes of at least 4 members (excludes halogenated alkanes) is 34. The van der Waals surface area contributed by atoms with Gasteiger partial charge in [-0.25, -0.2) is 0 Å². The predicted molar refractivity (Wildman–Crippen MR) is 316 cm³/mol. The molecule has 73 heavy (non-hydrogen) atoms. The molecule has 0 aliphatic rings. The topological polar surface area (TPSA) is 78.9 Å². The summed E-state index contributed by atoms with van der Waals surface area (Å²) in [4.78, 5) is 38.3. The fourth-order valence-electron chi connectivity index (χ4n) is 9.00. The Kier molecular flexibility index (Phi) is 58.7. The molecule has 0 spiro atoms. The standard InChI is InChI=1S/C67H118O6/c1-4-7-10-13-16-19-22-25-28-31-32-33-34-37-39-42-45-48-51-54-57-60-66(69)72-63-64(73-67(70)61-58-55-52-49-46-43-40-36-30-27-24-21-18-15-12-9-6-3)62-71-65(68)59-56-53-50-47-44-41-38-35-29-26-23-20-17-14-11-8-5-2/h9,12,18,21,27,30-32,40,43,49,52,64H,4-8,10-11,13-17,19-20,22-26,28-29,33-39,41-42,44-48,50-51,53-63H2,1-3H3/b12-9-,21-18-,30-27-,32-31-,43-40-,52-49-. The fraction of sp³-hybridized carbons (Fsp3) is 0.776. The van der Waals surface area contributed by atoms with E-state index in [2.05, 4.69) is 93.7 Å². The normalized spacial score (nSPS) is 12.5. The van der Waals surface area contributed by atoms with Gasteiger partial charge in [0.1, 0.15) is 13.2 Å². The number of carbonyl (C=O) groups is 3. The van der Waals surface area contributed by atoms with E-state index < -0.39 is 6.10 Å². The first-order valence-corrected chi connectivity index (χ1v) is 31.4. The van der Waals surface area contributed by atoms with Gasteiger partial charge in [-0.1, -0.05) is 286 Å². The van der Waals surface area contributed by atoms with Gasteiger partial charge >= 0.3 is 17.9 Å². The molecule has 0 rings (SSSR count). The maximum absolute atomic E-state index is 12.9. The summed E-state index contributed by atoms with van der Waals surface area (Å²) in [6.07, 6.45) is 79.1. The van der Waals surface area contributed by atoms with Crippen LogP contribution in [0.25, 0.3) is 0 Å². The highest BCUT2D eigenvalue weighted by Gasteiger charge is 2.19. The zero-order valence-corrected chi connectivity index (χ0v) is 48.4. The van der Waals surface area contributed by atoms with E-state index in [1.165, 1.54) is 193 Å². The molecule has 0 amide bonds. The van der Waals surface area contributed by atoms with Crippen LogP contribution in [0.2, 0.25) is 0 Å². The molecule has 0 heterocycles. The van der Waals surface area contributed by atoms with Crippen LogP contribution in [0.3, 0.4) is 0 Å². The number of ether oxygens (including phenoxy) is 3. The number of rotatable bonds is 57. The SMILES string of the molecule is CC/C=C\C/C=C\C/C=C\C/C=C\C/C=C\CCCC(=O)OC(COC(=O)CCCCCCCCCCC/C=C\CCCCCCCCCC)COC(=O)CCCCCCCCCCCCCCCCCCC. The lowest BCUT2D eigenvalue weighted by molar-refractivity contribution is -0.167. The van der Waals surface area contributed by atoms with Crippen molar-refractivity contribution in [3.05, 3.63) is 72.9 Å². The van der Waals surface area contributed by atoms with E-state index >= 15 is 0 Å². The molecule has 0 saturated heterocycles. The summed E-state index contributed by atoms with van der Waals surface area (Å²) < 4.78 is 16.9. The zero-order valence-electron chi connectivity index (χ0n) is 48.4. The Labute approximate surface area is 453 Å². The Balaban J connectivity index is 4.41. The number of esters is 3. The highest BCUT2D eigenvalue weighted by molar-refractivity contribution is 5.71. The van der Waals surface area contributed by atoms with Crippen LogP contribution >= 0.6 is 0 Å². The van der Waals surface area contributed by atoms with Gasteiger partial charge < -0.3 is 14.2 Å². The monoisotopic (exact) mass is 1020 g/mol. The number of allylic oxidation sites excluding steroid dienone is 12. The Bertz CT molecular complexity index is 1360. The Morgan fingerprint density at radius 1 is 0.288 bits per heavy atom. The third kappa shape index (κ3) is 59.6. The molecule has 0 N–H and O–H groups in total. The first kappa shape index (κ1) is 69.8. The van der Waals surface area contributed by atoms with Crippen molar-refractivity contribution in [1.29, 1.82) is 0 Å². The van der Waals surface area contributed by atoms with Gasteiger partial charge in [-0.15, -0.1) is 0 Å². The molecule has 6 heteroatoms. The van der Waals surface area contributed by atoms with Gasteiger partial charge in [0.05, 0.1) is 0 Å². The first-order valence-electron chi connectivity index (χ1n) is 31.4. The van der Waals surface area contributed by atoms with Crippen LogP contribution < -0.4 is 0 Å². The molecule has 0 aromatic carbocycles. The van der Waals surface area contributed by atoms with Gasteiger partial charge in [0, 0.05) is 19.3 Å². The molecule has 0 saturated carbocycles. The molecule has 0 aromatic heterocycles. The van der Waals surface area contributed by atoms with Crippen molar-refractivity contribution in [3.8, 4) is 0 Å². The van der Waals surface area contributed by atoms with E-state index in [0.717, 1.165) is 77.0 Å². The zero-order chi connectivity index (χ0) is 52.9. The molecule has 0 fully saturated rings. The lowest BCUT2D eigenvalue weighted by Gasteiger charge is -2.18. The van der Waals surface area contributed by atoms with Gasteiger partial charge in [-0.2, -0.15) is 0 Å². The van der Waals surface area contributed by atoms with Gasteiger partial charge in [0.25, 0.3) is 0 Å². The van der Waals surface area contributed by atoms with Gasteiger partial charge in [-0.05, 0) is 83.5 Å². The molecule has 1 atom stereocenters. The van der Waals surface area contributed by atoms with Crippen molar-refractivity contribution in [2.24, 2.45) is 0 Å². The van der Waals surface area contributed by atoms with E-state index in [-0.39, 0.29) is 37.5 Å². The smallest absolute Gasteiger partial charge is 0.306 e. The summed E-state index contributed by atoms with van der Waals surface area (Å²) in [5.74, 6) is -0.941. The average Bonchev–Trinajstić information content (AvgIpc) is 3.39. The molecule has 0 radical (unpaired) electrons. The summed E-state index contributed by atoms with van der Waals surface area (Å²) >= 11 is 0. The molecule has 0 aliphatic heterocycles. The second kappa shape index (κ2) is 61.4. The van der Waals surface area contributed by atoms with Gasteiger partial charge in [-0.3, -0.25) is 14.4 Å². The molecular formula is C67H118O6. The molecular weight excluding hydrogens is 901 g/mol. The van der Waals surface area contributed by atoms with Crippen LogP contribution in [0, 0.1) is 0 Å². The van der Waals surface area contributed by atoms with Crippen LogP contribution in [0.4, 0.5) is 0 Å². The second-order valence-electron chi connectivity index (χ2n) is 20.9. The molecule has 422 valence electrons. The lowest BCUT2D eigenvalue weighted by Crippen LogP contribution is -2.30. The maximum Gasteiger partial charge on any atom is 0.306 e. The fourth-order valence-corrected chi connectivity index (χ4v) is 9.00. The highest BCUT2D eigenvalue weighted by atomic mass is 16.6. The van der Waals surface area contributed by atoms with E-state index in [0.29, 0.717) is 19.3 Å². The van der Waals surface area contributed by atoms with Crippen LogP contribution in [0.1, 0.15) is 316 Å². The van der Waals surface area contributed by atoms with Crippen molar-refractivity contribution < 1.29 is 28.6 Å². The Hall–Kier alpha value is -3.15. The van der Waals surface area contributed by atoms with Crippen LogP contribution in [0.5, 0.6) is 0 Å². The molecule has 0 bridgehead atoms. The highest BCUT2D eigenvalue weighted by Crippen LogP contribution is 2.17. The summed E-state index contributed by atoms with van der Waals surface area (Å²) in [6, 6.07) is 0. The molecule has 6 nitrogen and oxygen atoms in total. The minimum Gasteiger partial charge on any atom is -0.462 e. The Morgan fingerprint density at radius 3 is 0.890 bits per heavy atom. The van der Waals surface area contributed by atoms with Crippen molar-refractivity contribution in [2.75, 3.05) is 13.2 Å². The number of carbonyl (C=O) groups excluding carboxylic acids is 3. The third-order valence-electron chi connectivity index (χ3n) is 13.7. The van der Waals surface area contributed by atoms with E-state index in [4.69, 9.17) is 14.2 Å². The second-order valence-corrected chi connectivity index (χ2v) is 20.9. The number of hydrogen-bond acceptors (Lipinski definition) is 6. The number of hydrogen-bond donors (Lipinski definition) is 0. The van der Waals surface area contributed by atoms with Crippen molar-refractivity contribution in [3.63, 3.8) is 0 Å². The van der Waals surface area contributed by atoms with Crippen molar-refractivity contribution >= 4 is 17.9 Å². The molecule has 0 aromatic rings. The van der Waals surface area contributed by atoms with Crippen molar-refractivity contribution in [1.82, 2.24) is 0 Å². The first-order chi connectivity index (χ1) is 36.0. The summed E-state index contributed by atoms with van der Waals surface area (Å²) in [6.45, 7) is 6.52. The van der Waals surface area contributed by atoms with E-state index in [1.54, 1.807) is 0 Å². The van der Waals surface area contributed by atoms with Crippen LogP contribution in [-0.2, 0) is 28.6 Å². The third-order valence-corrected chi connectivity index (χ3v) is 13.7.